The van der Waals surface area contributed by atoms with Gasteiger partial charge in [0, 0.05) is 23.8 Å². The molecule has 5 heteroatoms. The molecule has 1 amide bonds. The van der Waals surface area contributed by atoms with Gasteiger partial charge >= 0.3 is 0 Å². The van der Waals surface area contributed by atoms with Crippen LogP contribution in [0.3, 0.4) is 0 Å². The van der Waals surface area contributed by atoms with E-state index in [0.717, 1.165) is 11.6 Å². The topological polar surface area (TPSA) is 46.3 Å². The van der Waals surface area contributed by atoms with Crippen molar-refractivity contribution in [2.75, 3.05) is 12.3 Å². The van der Waals surface area contributed by atoms with Gasteiger partial charge in [0.25, 0.3) is 5.91 Å². The van der Waals surface area contributed by atoms with Gasteiger partial charge in [-0.15, -0.1) is 0 Å². The second-order valence-corrected chi connectivity index (χ2v) is 5.08. The molecule has 0 unspecified atom stereocenters. The second kappa shape index (κ2) is 6.59. The largest absolute Gasteiger partial charge is 0.398 e. The van der Waals surface area contributed by atoms with Crippen LogP contribution in [0.5, 0.6) is 0 Å². The third-order valence-corrected chi connectivity index (χ3v) is 3.48. The lowest BCUT2D eigenvalue weighted by molar-refractivity contribution is 0.0748. The fourth-order valence-electron chi connectivity index (χ4n) is 2.04. The fraction of sp³-hybridized carbons (Fsp3) is 0.188. The number of benzene rings is 2. The van der Waals surface area contributed by atoms with Crippen molar-refractivity contribution in [1.29, 1.82) is 0 Å². The predicted octanol–water partition coefficient (Wildman–Crippen LogP) is 3.72. The van der Waals surface area contributed by atoms with Crippen LogP contribution in [0.1, 0.15) is 22.8 Å². The van der Waals surface area contributed by atoms with Gasteiger partial charge in [0.2, 0.25) is 0 Å². The zero-order valence-electron chi connectivity index (χ0n) is 11.6. The van der Waals surface area contributed by atoms with Crippen molar-refractivity contribution in [2.45, 2.75) is 13.5 Å². The quantitative estimate of drug-likeness (QED) is 0.875. The average Bonchev–Trinajstić information content (AvgIpc) is 2.46. The van der Waals surface area contributed by atoms with Crippen LogP contribution in [-0.2, 0) is 6.54 Å². The van der Waals surface area contributed by atoms with E-state index in [2.05, 4.69) is 0 Å². The van der Waals surface area contributed by atoms with E-state index in [0.29, 0.717) is 18.8 Å². The highest BCUT2D eigenvalue weighted by molar-refractivity contribution is 6.30. The number of hydrogen-bond donors (Lipinski definition) is 1. The van der Waals surface area contributed by atoms with Crippen LogP contribution >= 0.6 is 11.6 Å². The summed E-state index contributed by atoms with van der Waals surface area (Å²) in [5.74, 6) is -0.998. The fourth-order valence-corrected chi connectivity index (χ4v) is 2.20. The first kappa shape index (κ1) is 15.3. The Morgan fingerprint density at radius 3 is 2.62 bits per heavy atom. The molecule has 2 N–H and O–H groups in total. The third kappa shape index (κ3) is 3.52. The molecule has 3 nitrogen and oxygen atoms in total. The lowest BCUT2D eigenvalue weighted by Crippen LogP contribution is -2.31. The maximum atomic E-state index is 13.9. The Kier molecular flexibility index (Phi) is 4.81. The summed E-state index contributed by atoms with van der Waals surface area (Å²) in [5, 5.41) is 0.263. The van der Waals surface area contributed by atoms with Gasteiger partial charge in [-0.2, -0.15) is 0 Å². The number of nitrogens with two attached hydrogens (primary N) is 1. The highest BCUT2D eigenvalue weighted by Gasteiger charge is 2.19. The minimum absolute atomic E-state index is 0.00996. The molecule has 0 fully saturated rings. The van der Waals surface area contributed by atoms with Gasteiger partial charge < -0.3 is 10.6 Å². The maximum absolute atomic E-state index is 13.9. The van der Waals surface area contributed by atoms with Crippen molar-refractivity contribution in [3.63, 3.8) is 0 Å². The number of halogens is 2. The van der Waals surface area contributed by atoms with Crippen molar-refractivity contribution in [3.8, 4) is 0 Å². The molecular formula is C16H16ClFN2O. The Hall–Kier alpha value is -2.07. The highest BCUT2D eigenvalue weighted by Crippen LogP contribution is 2.19. The standard InChI is InChI=1S/C16H16ClFN2O/c1-2-20(10-11-5-3-4-6-15(11)19)16(21)13-8-7-12(17)9-14(13)18/h3-9H,2,10,19H2,1H3. The Morgan fingerprint density at radius 2 is 2.00 bits per heavy atom. The van der Waals surface area contributed by atoms with Gasteiger partial charge in [-0.25, -0.2) is 4.39 Å². The number of hydrogen-bond acceptors (Lipinski definition) is 2. The SMILES string of the molecule is CCN(Cc1ccccc1N)C(=O)c1ccc(Cl)cc1F. The third-order valence-electron chi connectivity index (χ3n) is 3.25. The first-order valence-electron chi connectivity index (χ1n) is 6.60. The van der Waals surface area contributed by atoms with Crippen molar-refractivity contribution in [2.24, 2.45) is 0 Å². The van der Waals surface area contributed by atoms with E-state index in [1.807, 2.05) is 25.1 Å². The summed E-state index contributed by atoms with van der Waals surface area (Å²) in [4.78, 5) is 14.0. The molecule has 0 saturated heterocycles. The second-order valence-electron chi connectivity index (χ2n) is 4.64. The summed E-state index contributed by atoms with van der Waals surface area (Å²) in [6, 6.07) is 11.3. The van der Waals surface area contributed by atoms with Crippen LogP contribution in [0.15, 0.2) is 42.5 Å². The molecular weight excluding hydrogens is 291 g/mol. The molecule has 0 heterocycles. The molecule has 0 aliphatic heterocycles. The van der Waals surface area contributed by atoms with E-state index in [4.69, 9.17) is 17.3 Å². The van der Waals surface area contributed by atoms with Gasteiger partial charge in [0.05, 0.1) is 5.56 Å². The summed E-state index contributed by atoms with van der Waals surface area (Å²) in [7, 11) is 0. The van der Waals surface area contributed by atoms with E-state index < -0.39 is 5.82 Å². The minimum Gasteiger partial charge on any atom is -0.398 e. The van der Waals surface area contributed by atoms with E-state index in [1.54, 1.807) is 6.07 Å². The van der Waals surface area contributed by atoms with Gasteiger partial charge in [-0.3, -0.25) is 4.79 Å². The average molecular weight is 307 g/mol. The van der Waals surface area contributed by atoms with Gasteiger partial charge in [0.1, 0.15) is 5.82 Å². The van der Waals surface area contributed by atoms with Crippen LogP contribution in [0.25, 0.3) is 0 Å². The Morgan fingerprint density at radius 1 is 1.29 bits per heavy atom. The van der Waals surface area contributed by atoms with E-state index >= 15 is 0 Å². The molecule has 0 saturated carbocycles. The smallest absolute Gasteiger partial charge is 0.257 e. The molecule has 21 heavy (non-hydrogen) atoms. The molecule has 0 radical (unpaired) electrons. The van der Waals surface area contributed by atoms with Crippen molar-refractivity contribution in [3.05, 3.63) is 64.4 Å². The van der Waals surface area contributed by atoms with E-state index in [-0.39, 0.29) is 16.5 Å². The number of nitrogens with zero attached hydrogens (tertiary/aromatic N) is 1. The molecule has 0 aliphatic rings. The summed E-state index contributed by atoms with van der Waals surface area (Å²) < 4.78 is 13.9. The zero-order valence-corrected chi connectivity index (χ0v) is 12.4. The number of rotatable bonds is 4. The molecule has 110 valence electrons. The van der Waals surface area contributed by atoms with Crippen molar-refractivity contribution in [1.82, 2.24) is 4.90 Å². The Labute approximate surface area is 128 Å². The van der Waals surface area contributed by atoms with Crippen LogP contribution in [0.2, 0.25) is 5.02 Å². The van der Waals surface area contributed by atoms with Crippen molar-refractivity contribution >= 4 is 23.2 Å². The molecule has 0 aliphatic carbocycles. The monoisotopic (exact) mass is 306 g/mol. The zero-order chi connectivity index (χ0) is 15.4. The summed E-state index contributed by atoms with van der Waals surface area (Å²) in [6.45, 7) is 2.63. The number of anilines is 1. The number of para-hydroxylation sites is 1. The first-order valence-corrected chi connectivity index (χ1v) is 6.98. The van der Waals surface area contributed by atoms with Crippen LogP contribution in [0, 0.1) is 5.82 Å². The van der Waals surface area contributed by atoms with Crippen LogP contribution in [-0.4, -0.2) is 17.4 Å². The first-order chi connectivity index (χ1) is 10.0. The lowest BCUT2D eigenvalue weighted by Gasteiger charge is -2.22. The number of carbonyl (C=O) groups excluding carboxylic acids is 1. The molecule has 0 bridgehead atoms. The highest BCUT2D eigenvalue weighted by atomic mass is 35.5. The van der Waals surface area contributed by atoms with Gasteiger partial charge in [-0.1, -0.05) is 29.8 Å². The van der Waals surface area contributed by atoms with E-state index in [1.165, 1.54) is 17.0 Å². The van der Waals surface area contributed by atoms with E-state index in [9.17, 15) is 9.18 Å². The summed E-state index contributed by atoms with van der Waals surface area (Å²) >= 11 is 5.70. The van der Waals surface area contributed by atoms with Gasteiger partial charge in [0.15, 0.2) is 0 Å². The predicted molar refractivity (Wildman–Crippen MR) is 82.7 cm³/mol. The number of carbonyl (C=O) groups is 1. The summed E-state index contributed by atoms with van der Waals surface area (Å²) in [5.41, 5.74) is 7.34. The van der Waals surface area contributed by atoms with Gasteiger partial charge in [-0.05, 0) is 36.8 Å². The molecule has 2 aromatic carbocycles. The van der Waals surface area contributed by atoms with Crippen LogP contribution < -0.4 is 5.73 Å². The maximum Gasteiger partial charge on any atom is 0.257 e. The molecule has 0 spiro atoms. The Bertz CT molecular complexity index is 660. The molecule has 2 rings (SSSR count). The normalized spacial score (nSPS) is 10.4. The lowest BCUT2D eigenvalue weighted by atomic mass is 10.1. The van der Waals surface area contributed by atoms with Crippen LogP contribution in [0.4, 0.5) is 10.1 Å². The number of nitrogen functional groups attached to an aromatic ring is 1. The number of amides is 1. The molecule has 0 atom stereocenters. The minimum atomic E-state index is -0.619. The van der Waals surface area contributed by atoms with Crippen molar-refractivity contribution < 1.29 is 9.18 Å². The summed E-state index contributed by atoms with van der Waals surface area (Å²) in [6.07, 6.45) is 0. The molecule has 0 aromatic heterocycles. The Balaban J connectivity index is 2.25. The molecule has 2 aromatic rings.